The third-order valence-electron chi connectivity index (χ3n) is 8.12. The molecule has 0 aliphatic heterocycles. The van der Waals surface area contributed by atoms with E-state index in [-0.39, 0.29) is 56.1 Å². The Hall–Kier alpha value is -6.81. The largest absolute Gasteiger partial charge is 0.487 e. The van der Waals surface area contributed by atoms with Gasteiger partial charge in [-0.2, -0.15) is 0 Å². The molecule has 0 bridgehead atoms. The van der Waals surface area contributed by atoms with Gasteiger partial charge in [-0.05, 0) is 63.8 Å². The van der Waals surface area contributed by atoms with Gasteiger partial charge in [0, 0.05) is 53.0 Å². The van der Waals surface area contributed by atoms with Crippen LogP contribution < -0.4 is 28.4 Å². The smallest absolute Gasteiger partial charge is 0.214 e. The second-order valence-electron chi connectivity index (χ2n) is 11.9. The lowest BCUT2D eigenvalue weighted by Gasteiger charge is -2.13. The predicted octanol–water partition coefficient (Wildman–Crippen LogP) is 6.47. The molecule has 6 aromatic heterocycles. The van der Waals surface area contributed by atoms with Crippen molar-refractivity contribution in [3.05, 3.63) is 141 Å². The van der Waals surface area contributed by atoms with Crippen LogP contribution in [0.25, 0.3) is 0 Å². The van der Waals surface area contributed by atoms with E-state index in [9.17, 15) is 14.4 Å². The number of aryl methyl sites for hydroxylation is 1. The molecule has 0 fully saturated rings. The van der Waals surface area contributed by atoms with Gasteiger partial charge in [-0.25, -0.2) is 15.0 Å². The summed E-state index contributed by atoms with van der Waals surface area (Å²) in [5.74, 6) is 1.63. The maximum Gasteiger partial charge on any atom is 0.214 e. The van der Waals surface area contributed by atoms with Crippen LogP contribution in [0.4, 0.5) is 0 Å². The van der Waals surface area contributed by atoms with Crippen LogP contribution in [0.3, 0.4) is 0 Å². The lowest BCUT2D eigenvalue weighted by atomic mass is 10.1. The van der Waals surface area contributed by atoms with Crippen molar-refractivity contribution in [3.63, 3.8) is 0 Å². The summed E-state index contributed by atoms with van der Waals surface area (Å²) in [6.45, 7) is 2.51. The van der Waals surface area contributed by atoms with Gasteiger partial charge in [0.05, 0.1) is 53.8 Å². The summed E-state index contributed by atoms with van der Waals surface area (Å²) < 4.78 is 35.1. The Morgan fingerprint density at radius 1 is 0.554 bits per heavy atom. The van der Waals surface area contributed by atoms with Crippen molar-refractivity contribution in [3.8, 4) is 34.9 Å². The van der Waals surface area contributed by atoms with Crippen LogP contribution in [0.2, 0.25) is 0 Å². The number of rotatable bonds is 19. The minimum Gasteiger partial charge on any atom is -0.487 e. The number of methoxy groups -OCH3 is 1. The highest BCUT2D eigenvalue weighted by molar-refractivity contribution is 9.10. The number of aldehydes is 3. The zero-order valence-electron chi connectivity index (χ0n) is 30.1. The fraction of sp³-hybridized carbons (Fsp3) is 0.175. The first kappa shape index (κ1) is 38.9. The van der Waals surface area contributed by atoms with Crippen LogP contribution in [0.5, 0.6) is 34.9 Å². The van der Waals surface area contributed by atoms with E-state index < -0.39 is 0 Å². The van der Waals surface area contributed by atoms with Crippen LogP contribution in [0.15, 0.2) is 90.3 Å². The molecule has 0 saturated heterocycles. The monoisotopic (exact) mass is 820 g/mol. The standard InChI is InChI=1S/C40H33BrN6O9/c1-25-12-43-32(23-55-39-10-28(18-49)35(15-46-39)52-20-26-3-5-42-6-4-26)7-30(25)21-53-37-16-47-40(11-29(37)19-50)56-24-33-8-31(34(41)13-44-33)22-54-36-14-45-38(51-2)9-27(36)17-48/h3-19H,20-24H2,1-2H3. The van der Waals surface area contributed by atoms with Crippen LogP contribution in [-0.4, -0.2) is 55.9 Å². The summed E-state index contributed by atoms with van der Waals surface area (Å²) in [7, 11) is 1.46. The Balaban J connectivity index is 1.03. The van der Waals surface area contributed by atoms with Crippen molar-refractivity contribution >= 4 is 34.8 Å². The first-order chi connectivity index (χ1) is 27.3. The zero-order valence-corrected chi connectivity index (χ0v) is 31.7. The average Bonchev–Trinajstić information content (AvgIpc) is 3.24. The van der Waals surface area contributed by atoms with E-state index >= 15 is 0 Å². The molecule has 0 aliphatic carbocycles. The molecule has 0 amide bonds. The van der Waals surface area contributed by atoms with Crippen LogP contribution in [0, 0.1) is 6.92 Å². The molecular formula is C40H33BrN6O9. The van der Waals surface area contributed by atoms with Gasteiger partial charge < -0.3 is 28.4 Å². The van der Waals surface area contributed by atoms with Gasteiger partial charge in [-0.15, -0.1) is 0 Å². The molecule has 56 heavy (non-hydrogen) atoms. The summed E-state index contributed by atoms with van der Waals surface area (Å²) in [5.41, 5.74) is 5.33. The fourth-order valence-corrected chi connectivity index (χ4v) is 5.37. The van der Waals surface area contributed by atoms with Crippen LogP contribution in [-0.2, 0) is 33.0 Å². The Morgan fingerprint density at radius 3 is 1.59 bits per heavy atom. The van der Waals surface area contributed by atoms with E-state index in [0.717, 1.165) is 22.3 Å². The normalized spacial score (nSPS) is 10.6. The molecule has 15 nitrogen and oxygen atoms in total. The minimum atomic E-state index is 0.0484. The number of hydrogen-bond donors (Lipinski definition) is 0. The Kier molecular flexibility index (Phi) is 13.2. The summed E-state index contributed by atoms with van der Waals surface area (Å²) in [6, 6.07) is 11.7. The van der Waals surface area contributed by atoms with Gasteiger partial charge in [-0.3, -0.25) is 29.3 Å². The summed E-state index contributed by atoms with van der Waals surface area (Å²) in [5, 5.41) is 0. The number of pyridine rings is 6. The SMILES string of the molecule is COc1cc(C=O)c(OCc2cc(COc3cc(C=O)c(OCc4cc(COc5cc(C=O)c(OCc6ccncc6)cn5)ncc4C)cn3)ncc2Br)cn1. The van der Waals surface area contributed by atoms with Crippen molar-refractivity contribution in [2.45, 2.75) is 40.0 Å². The van der Waals surface area contributed by atoms with Crippen molar-refractivity contribution in [2.24, 2.45) is 0 Å². The minimum absolute atomic E-state index is 0.0484. The lowest BCUT2D eigenvalue weighted by Crippen LogP contribution is -2.06. The number of nitrogens with zero attached hydrogens (tertiary/aromatic N) is 6. The highest BCUT2D eigenvalue weighted by atomic mass is 79.9. The number of carbonyl (C=O) groups is 3. The first-order valence-corrected chi connectivity index (χ1v) is 17.6. The molecule has 0 aliphatic rings. The molecule has 0 atom stereocenters. The Bertz CT molecular complexity index is 2330. The number of ether oxygens (including phenoxy) is 6. The maximum absolute atomic E-state index is 12.0. The average molecular weight is 822 g/mol. The van der Waals surface area contributed by atoms with E-state index in [4.69, 9.17) is 28.4 Å². The second-order valence-corrected chi connectivity index (χ2v) is 12.8. The van der Waals surface area contributed by atoms with Crippen LogP contribution in [0.1, 0.15) is 64.7 Å². The topological polar surface area (TPSA) is 184 Å². The molecule has 6 heterocycles. The molecule has 0 spiro atoms. The van der Waals surface area contributed by atoms with Gasteiger partial charge in [0.25, 0.3) is 0 Å². The predicted molar refractivity (Wildman–Crippen MR) is 202 cm³/mol. The van der Waals surface area contributed by atoms with Gasteiger partial charge >= 0.3 is 0 Å². The number of hydrogen-bond acceptors (Lipinski definition) is 15. The molecule has 0 aromatic carbocycles. The molecule has 0 unspecified atom stereocenters. The van der Waals surface area contributed by atoms with Crippen molar-refractivity contribution in [1.82, 2.24) is 29.9 Å². The summed E-state index contributed by atoms with van der Waals surface area (Å²) >= 11 is 3.48. The number of carbonyl (C=O) groups excluding carboxylic acids is 3. The number of aromatic nitrogens is 6. The Labute approximate surface area is 329 Å². The van der Waals surface area contributed by atoms with Gasteiger partial charge in [0.1, 0.15) is 50.3 Å². The molecule has 284 valence electrons. The van der Waals surface area contributed by atoms with E-state index in [2.05, 4.69) is 45.8 Å². The molecule has 6 aromatic rings. The van der Waals surface area contributed by atoms with E-state index in [0.29, 0.717) is 63.2 Å². The second kappa shape index (κ2) is 19.0. The Morgan fingerprint density at radius 2 is 1.04 bits per heavy atom. The van der Waals surface area contributed by atoms with E-state index in [1.807, 2.05) is 25.1 Å². The summed E-state index contributed by atoms with van der Waals surface area (Å²) in [4.78, 5) is 60.8. The molecule has 6 rings (SSSR count). The molecule has 0 saturated carbocycles. The fourth-order valence-electron chi connectivity index (χ4n) is 5.04. The zero-order chi connectivity index (χ0) is 39.3. The highest BCUT2D eigenvalue weighted by Crippen LogP contribution is 2.26. The quantitative estimate of drug-likeness (QED) is 0.0810. The van der Waals surface area contributed by atoms with Gasteiger partial charge in [0.15, 0.2) is 18.9 Å². The van der Waals surface area contributed by atoms with E-state index in [1.54, 1.807) is 30.9 Å². The van der Waals surface area contributed by atoms with Crippen molar-refractivity contribution in [2.75, 3.05) is 7.11 Å². The third-order valence-corrected chi connectivity index (χ3v) is 8.83. The lowest BCUT2D eigenvalue weighted by molar-refractivity contribution is 0.111. The van der Waals surface area contributed by atoms with Crippen molar-refractivity contribution in [1.29, 1.82) is 0 Å². The first-order valence-electron chi connectivity index (χ1n) is 16.9. The highest BCUT2D eigenvalue weighted by Gasteiger charge is 2.14. The molecule has 0 radical (unpaired) electrons. The summed E-state index contributed by atoms with van der Waals surface area (Å²) in [6.07, 6.45) is 12.9. The van der Waals surface area contributed by atoms with E-state index in [1.165, 1.54) is 43.9 Å². The maximum atomic E-state index is 12.0. The molecular weight excluding hydrogens is 788 g/mol. The van der Waals surface area contributed by atoms with Crippen LogP contribution >= 0.6 is 15.9 Å². The number of halogens is 1. The third kappa shape index (κ3) is 10.2. The van der Waals surface area contributed by atoms with Gasteiger partial charge in [0.2, 0.25) is 17.6 Å². The van der Waals surface area contributed by atoms with Gasteiger partial charge in [-0.1, -0.05) is 0 Å². The molecule has 0 N–H and O–H groups in total. The van der Waals surface area contributed by atoms with Crippen molar-refractivity contribution < 1.29 is 42.8 Å². The molecule has 16 heteroatoms.